The number of para-hydroxylation sites is 1. The number of nitrogens with zero attached hydrogens (tertiary/aromatic N) is 1. The summed E-state index contributed by atoms with van der Waals surface area (Å²) in [6, 6.07) is 16.0. The number of phenolic OH excluding ortho intramolecular Hbond substituents is 1. The number of rotatable bonds is 6. The van der Waals surface area contributed by atoms with Gasteiger partial charge in [0.15, 0.2) is 0 Å². The molecule has 0 aliphatic carbocycles. The number of aromatic hydroxyl groups is 1. The zero-order valence-corrected chi connectivity index (χ0v) is 16.6. The first kappa shape index (κ1) is 19.3. The smallest absolute Gasteiger partial charge is 0.336 e. The van der Waals surface area contributed by atoms with E-state index in [0.29, 0.717) is 30.2 Å². The van der Waals surface area contributed by atoms with Crippen LogP contribution in [0.15, 0.2) is 74.5 Å². The predicted molar refractivity (Wildman–Crippen MR) is 112 cm³/mol. The molecule has 148 valence electrons. The summed E-state index contributed by atoms with van der Waals surface area (Å²) in [5.41, 5.74) is 2.55. The van der Waals surface area contributed by atoms with Crippen LogP contribution in [0.1, 0.15) is 22.5 Å². The largest absolute Gasteiger partial charge is 0.508 e. The summed E-state index contributed by atoms with van der Waals surface area (Å²) in [5, 5.41) is 11.6. The van der Waals surface area contributed by atoms with E-state index >= 15 is 0 Å². The van der Waals surface area contributed by atoms with E-state index in [4.69, 9.17) is 20.4 Å². The highest BCUT2D eigenvalue weighted by Gasteiger charge is 2.16. The molecule has 4 aromatic rings. The van der Waals surface area contributed by atoms with Gasteiger partial charge in [-0.15, -0.1) is 0 Å². The molecule has 0 radical (unpaired) electrons. The topological polar surface area (TPSA) is 66.8 Å². The molecule has 0 fully saturated rings. The summed E-state index contributed by atoms with van der Waals surface area (Å²) >= 11 is 6.32. The Morgan fingerprint density at radius 1 is 1.00 bits per heavy atom. The summed E-state index contributed by atoms with van der Waals surface area (Å²) in [7, 11) is 0. The third-order valence-electron chi connectivity index (χ3n) is 4.85. The monoisotopic (exact) mass is 409 g/mol. The second-order valence-corrected chi connectivity index (χ2v) is 7.45. The van der Waals surface area contributed by atoms with Crippen molar-refractivity contribution in [2.24, 2.45) is 0 Å². The van der Waals surface area contributed by atoms with Crippen molar-refractivity contribution < 1.29 is 13.9 Å². The van der Waals surface area contributed by atoms with Gasteiger partial charge in [0.05, 0.1) is 12.8 Å². The highest BCUT2D eigenvalue weighted by molar-refractivity contribution is 6.32. The Morgan fingerprint density at radius 2 is 1.79 bits per heavy atom. The Hall–Kier alpha value is -3.02. The van der Waals surface area contributed by atoms with Crippen LogP contribution >= 0.6 is 11.6 Å². The highest BCUT2D eigenvalue weighted by atomic mass is 35.5. The van der Waals surface area contributed by atoms with Crippen LogP contribution in [0.3, 0.4) is 0 Å². The lowest BCUT2D eigenvalue weighted by molar-refractivity contribution is 0.224. The minimum absolute atomic E-state index is 0.230. The van der Waals surface area contributed by atoms with Crippen LogP contribution in [-0.4, -0.2) is 10.0 Å². The molecule has 0 saturated carbocycles. The van der Waals surface area contributed by atoms with Crippen LogP contribution in [-0.2, 0) is 19.6 Å². The fraction of sp³-hybridized carbons (Fsp3) is 0.174. The van der Waals surface area contributed by atoms with Crippen LogP contribution in [0.25, 0.3) is 11.0 Å². The first-order chi connectivity index (χ1) is 14.0. The molecule has 0 atom stereocenters. The maximum absolute atomic E-state index is 12.1. The molecule has 5 nitrogen and oxygen atoms in total. The fourth-order valence-corrected chi connectivity index (χ4v) is 3.56. The number of halogens is 1. The lowest BCUT2D eigenvalue weighted by Gasteiger charge is -2.22. The molecular weight excluding hydrogens is 390 g/mol. The molecule has 2 heterocycles. The molecule has 0 bridgehead atoms. The molecule has 0 saturated heterocycles. The minimum Gasteiger partial charge on any atom is -0.508 e. The third-order valence-corrected chi connectivity index (χ3v) is 5.26. The van der Waals surface area contributed by atoms with E-state index in [9.17, 15) is 9.90 Å². The van der Waals surface area contributed by atoms with Crippen molar-refractivity contribution in [2.45, 2.75) is 26.6 Å². The van der Waals surface area contributed by atoms with E-state index < -0.39 is 5.63 Å². The first-order valence-corrected chi connectivity index (χ1v) is 9.62. The first-order valence-electron chi connectivity index (χ1n) is 9.24. The van der Waals surface area contributed by atoms with Crippen LogP contribution < -0.4 is 5.63 Å². The quantitative estimate of drug-likeness (QED) is 0.440. The number of benzene rings is 2. The molecule has 0 amide bonds. The molecule has 0 aliphatic heterocycles. The zero-order valence-electron chi connectivity index (χ0n) is 15.9. The van der Waals surface area contributed by atoms with Gasteiger partial charge in [0, 0.05) is 35.1 Å². The maximum atomic E-state index is 12.1. The van der Waals surface area contributed by atoms with Crippen molar-refractivity contribution in [2.75, 3.05) is 0 Å². The van der Waals surface area contributed by atoms with Crippen LogP contribution in [0.2, 0.25) is 5.02 Å². The second kappa shape index (κ2) is 8.15. The molecule has 0 aliphatic rings. The van der Waals surface area contributed by atoms with Crippen molar-refractivity contribution >= 4 is 22.6 Å². The molecular formula is C23H20ClNO4. The van der Waals surface area contributed by atoms with Crippen LogP contribution in [0.4, 0.5) is 0 Å². The number of hydrogen-bond acceptors (Lipinski definition) is 5. The van der Waals surface area contributed by atoms with E-state index in [0.717, 1.165) is 27.8 Å². The van der Waals surface area contributed by atoms with Gasteiger partial charge in [0.25, 0.3) is 0 Å². The molecule has 4 rings (SSSR count). The third kappa shape index (κ3) is 4.36. The minimum atomic E-state index is -0.408. The van der Waals surface area contributed by atoms with E-state index in [-0.39, 0.29) is 5.75 Å². The van der Waals surface area contributed by atoms with Gasteiger partial charge in [-0.2, -0.15) is 0 Å². The molecule has 1 N–H and O–H groups in total. The number of aryl methyl sites for hydroxylation is 1. The van der Waals surface area contributed by atoms with Crippen LogP contribution in [0, 0.1) is 6.92 Å². The highest BCUT2D eigenvalue weighted by Crippen LogP contribution is 2.27. The van der Waals surface area contributed by atoms with Gasteiger partial charge in [-0.1, -0.05) is 29.8 Å². The average Bonchev–Trinajstić information content (AvgIpc) is 3.18. The fourth-order valence-electron chi connectivity index (χ4n) is 3.40. The Morgan fingerprint density at radius 3 is 2.55 bits per heavy atom. The summed E-state index contributed by atoms with van der Waals surface area (Å²) in [6.07, 6.45) is 1.63. The molecule has 0 spiro atoms. The molecule has 29 heavy (non-hydrogen) atoms. The van der Waals surface area contributed by atoms with Crippen LogP contribution in [0.5, 0.6) is 5.75 Å². The SMILES string of the molecule is Cc1cc2oc(=O)cc(CN(Cc3ccco3)Cc3ccccc3O)c2cc1Cl. The number of hydrogen-bond donors (Lipinski definition) is 1. The summed E-state index contributed by atoms with van der Waals surface area (Å²) in [6.45, 7) is 3.32. The summed E-state index contributed by atoms with van der Waals surface area (Å²) < 4.78 is 10.9. The number of furan rings is 1. The van der Waals surface area contributed by atoms with Gasteiger partial charge in [0.2, 0.25) is 0 Å². The Bertz CT molecular complexity index is 1200. The van der Waals surface area contributed by atoms with E-state index in [1.54, 1.807) is 24.5 Å². The molecule has 2 aromatic heterocycles. The van der Waals surface area contributed by atoms with Crippen molar-refractivity contribution in [3.05, 3.63) is 98.8 Å². The van der Waals surface area contributed by atoms with Gasteiger partial charge < -0.3 is 13.9 Å². The van der Waals surface area contributed by atoms with Gasteiger partial charge >= 0.3 is 5.63 Å². The van der Waals surface area contributed by atoms with Gasteiger partial charge in [-0.05, 0) is 48.4 Å². The van der Waals surface area contributed by atoms with Crippen molar-refractivity contribution in [1.29, 1.82) is 0 Å². The zero-order chi connectivity index (χ0) is 20.4. The predicted octanol–water partition coefficient (Wildman–Crippen LogP) is 5.26. The lowest BCUT2D eigenvalue weighted by atomic mass is 10.1. The number of fused-ring (bicyclic) bond motifs is 1. The lowest BCUT2D eigenvalue weighted by Crippen LogP contribution is -2.23. The molecule has 2 aromatic carbocycles. The normalized spacial score (nSPS) is 11.4. The van der Waals surface area contributed by atoms with E-state index in [2.05, 4.69) is 4.90 Å². The summed E-state index contributed by atoms with van der Waals surface area (Å²) in [4.78, 5) is 14.2. The second-order valence-electron chi connectivity index (χ2n) is 7.04. The molecule has 6 heteroatoms. The summed E-state index contributed by atoms with van der Waals surface area (Å²) in [5.74, 6) is 1.02. The average molecular weight is 410 g/mol. The number of phenols is 1. The standard InChI is InChI=1S/C23H20ClNO4/c1-15-9-22-19(11-20(15)24)17(10-23(27)29-22)13-25(14-18-6-4-8-28-18)12-16-5-2-3-7-21(16)26/h2-11,26H,12-14H2,1H3. The van der Waals surface area contributed by atoms with Gasteiger partial charge in [0.1, 0.15) is 17.1 Å². The Kier molecular flexibility index (Phi) is 5.43. The van der Waals surface area contributed by atoms with E-state index in [1.807, 2.05) is 37.3 Å². The molecule has 0 unspecified atom stereocenters. The van der Waals surface area contributed by atoms with E-state index in [1.165, 1.54) is 6.07 Å². The Labute approximate surface area is 172 Å². The van der Waals surface area contributed by atoms with Crippen molar-refractivity contribution in [1.82, 2.24) is 4.90 Å². The van der Waals surface area contributed by atoms with Gasteiger partial charge in [-0.25, -0.2) is 4.79 Å². The van der Waals surface area contributed by atoms with Crippen molar-refractivity contribution in [3.63, 3.8) is 0 Å². The Balaban J connectivity index is 1.73. The maximum Gasteiger partial charge on any atom is 0.336 e. The van der Waals surface area contributed by atoms with Crippen molar-refractivity contribution in [3.8, 4) is 5.75 Å². The van der Waals surface area contributed by atoms with Gasteiger partial charge in [-0.3, -0.25) is 4.90 Å².